The van der Waals surface area contributed by atoms with Crippen molar-refractivity contribution in [2.24, 2.45) is 0 Å². The summed E-state index contributed by atoms with van der Waals surface area (Å²) in [6.07, 6.45) is 0.766. The van der Waals surface area contributed by atoms with Gasteiger partial charge < -0.3 is 9.47 Å². The van der Waals surface area contributed by atoms with Crippen LogP contribution < -0.4 is 0 Å². The molecular formula is C8H14O8S2. The first-order valence-corrected chi connectivity index (χ1v) is 8.79. The summed E-state index contributed by atoms with van der Waals surface area (Å²) in [5, 5.41) is 0. The van der Waals surface area contributed by atoms with Gasteiger partial charge in [-0.05, 0) is 0 Å². The summed E-state index contributed by atoms with van der Waals surface area (Å²) in [6.45, 7) is -0.105. The molecule has 2 aliphatic rings. The number of ether oxygens (including phenoxy) is 2. The fraction of sp³-hybridized carbons (Fsp3) is 1.00. The molecule has 4 atom stereocenters. The summed E-state index contributed by atoms with van der Waals surface area (Å²) in [6, 6.07) is 0. The summed E-state index contributed by atoms with van der Waals surface area (Å²) < 4.78 is 62.5. The van der Waals surface area contributed by atoms with Crippen molar-refractivity contribution in [1.82, 2.24) is 0 Å². The van der Waals surface area contributed by atoms with Gasteiger partial charge in [0.2, 0.25) is 0 Å². The number of rotatable bonds is 7. The second-order valence-electron chi connectivity index (χ2n) is 4.26. The molecule has 8 nitrogen and oxygen atoms in total. The zero-order valence-electron chi connectivity index (χ0n) is 9.81. The molecule has 106 valence electrons. The largest absolute Gasteiger partial charge is 0.364 e. The molecule has 0 saturated carbocycles. The second kappa shape index (κ2) is 4.69. The van der Waals surface area contributed by atoms with Crippen molar-refractivity contribution in [1.29, 1.82) is 0 Å². The van der Waals surface area contributed by atoms with Crippen LogP contribution in [0, 0.1) is 0 Å². The SMILES string of the molecule is CS(=O)(=O)OC[C@@H]1O[C@H]1[C@@H]1O[C@H]1COS(C)(=O)=O. The van der Waals surface area contributed by atoms with Gasteiger partial charge in [0, 0.05) is 0 Å². The average Bonchev–Trinajstić information content (AvgIpc) is 3.04. The zero-order valence-corrected chi connectivity index (χ0v) is 11.4. The van der Waals surface area contributed by atoms with Crippen molar-refractivity contribution in [2.45, 2.75) is 24.4 Å². The Hall–Kier alpha value is -0.260. The van der Waals surface area contributed by atoms with E-state index in [1.54, 1.807) is 0 Å². The van der Waals surface area contributed by atoms with Crippen molar-refractivity contribution < 1.29 is 34.7 Å². The molecule has 2 rings (SSSR count). The third kappa shape index (κ3) is 4.44. The van der Waals surface area contributed by atoms with Gasteiger partial charge in [0.15, 0.2) is 0 Å². The molecule has 0 aromatic rings. The Morgan fingerprint density at radius 2 is 1.17 bits per heavy atom. The van der Waals surface area contributed by atoms with Crippen molar-refractivity contribution >= 4 is 20.2 Å². The van der Waals surface area contributed by atoms with Gasteiger partial charge in [-0.3, -0.25) is 8.37 Å². The molecule has 0 N–H and O–H groups in total. The van der Waals surface area contributed by atoms with E-state index in [-0.39, 0.29) is 37.6 Å². The Morgan fingerprint density at radius 1 is 0.833 bits per heavy atom. The normalized spacial score (nSPS) is 35.4. The Morgan fingerprint density at radius 3 is 1.44 bits per heavy atom. The van der Waals surface area contributed by atoms with Gasteiger partial charge in [0.1, 0.15) is 24.4 Å². The van der Waals surface area contributed by atoms with E-state index >= 15 is 0 Å². The van der Waals surface area contributed by atoms with E-state index < -0.39 is 20.2 Å². The smallest absolute Gasteiger partial charge is 0.264 e. The van der Waals surface area contributed by atoms with Crippen molar-refractivity contribution in [2.75, 3.05) is 25.7 Å². The number of hydrogen-bond acceptors (Lipinski definition) is 8. The lowest BCUT2D eigenvalue weighted by Gasteiger charge is -1.96. The van der Waals surface area contributed by atoms with Crippen molar-refractivity contribution in [3.8, 4) is 0 Å². The summed E-state index contributed by atoms with van der Waals surface area (Å²) in [7, 11) is -6.95. The summed E-state index contributed by atoms with van der Waals surface area (Å²) in [4.78, 5) is 0. The maximum absolute atomic E-state index is 10.7. The van der Waals surface area contributed by atoms with Gasteiger partial charge in [-0.15, -0.1) is 0 Å². The lowest BCUT2D eigenvalue weighted by atomic mass is 10.2. The first-order chi connectivity index (χ1) is 8.16. The van der Waals surface area contributed by atoms with Crippen LogP contribution >= 0.6 is 0 Å². The van der Waals surface area contributed by atoms with E-state index in [0.717, 1.165) is 12.5 Å². The standard InChI is InChI=1S/C8H14O8S2/c1-17(9,10)13-3-5-7(15-5)8-6(16-8)4-14-18(2,11)12/h5-8H,3-4H2,1-2H3/t5-,6-,7+,8+/m0/s1. The third-order valence-corrected chi connectivity index (χ3v) is 3.59. The first kappa shape index (κ1) is 14.2. The zero-order chi connectivity index (χ0) is 13.6. The van der Waals surface area contributed by atoms with Gasteiger partial charge in [-0.1, -0.05) is 0 Å². The summed E-state index contributed by atoms with van der Waals surface area (Å²) in [5.74, 6) is 0. The van der Waals surface area contributed by atoms with E-state index in [4.69, 9.17) is 9.47 Å². The van der Waals surface area contributed by atoms with Crippen LogP contribution in [0.5, 0.6) is 0 Å². The topological polar surface area (TPSA) is 112 Å². The fourth-order valence-corrected chi connectivity index (χ4v) is 2.30. The van der Waals surface area contributed by atoms with E-state index in [9.17, 15) is 16.8 Å². The Labute approximate surface area is 105 Å². The molecule has 2 saturated heterocycles. The molecule has 2 aliphatic heterocycles. The van der Waals surface area contributed by atoms with E-state index in [1.807, 2.05) is 0 Å². The summed E-state index contributed by atoms with van der Waals surface area (Å²) in [5.41, 5.74) is 0. The predicted molar refractivity (Wildman–Crippen MR) is 58.9 cm³/mol. The minimum Gasteiger partial charge on any atom is -0.364 e. The van der Waals surface area contributed by atoms with Crippen LogP contribution in [-0.4, -0.2) is 67.0 Å². The van der Waals surface area contributed by atoms with Gasteiger partial charge in [0.05, 0.1) is 25.7 Å². The summed E-state index contributed by atoms with van der Waals surface area (Å²) >= 11 is 0. The lowest BCUT2D eigenvalue weighted by molar-refractivity contribution is 0.255. The highest BCUT2D eigenvalue weighted by Crippen LogP contribution is 2.39. The fourth-order valence-electron chi connectivity index (χ4n) is 1.54. The molecule has 0 bridgehead atoms. The first-order valence-electron chi connectivity index (χ1n) is 5.15. The van der Waals surface area contributed by atoms with Gasteiger partial charge in [0.25, 0.3) is 20.2 Å². The van der Waals surface area contributed by atoms with Crippen molar-refractivity contribution in [3.05, 3.63) is 0 Å². The molecule has 0 unspecified atom stereocenters. The average molecular weight is 302 g/mol. The minimum atomic E-state index is -3.48. The van der Waals surface area contributed by atoms with Gasteiger partial charge >= 0.3 is 0 Å². The Balaban J connectivity index is 1.66. The maximum atomic E-state index is 10.7. The van der Waals surface area contributed by atoms with E-state index in [2.05, 4.69) is 8.37 Å². The van der Waals surface area contributed by atoms with Crippen LogP contribution in [0.15, 0.2) is 0 Å². The van der Waals surface area contributed by atoms with E-state index in [0.29, 0.717) is 0 Å². The molecule has 0 aromatic carbocycles. The molecule has 2 fully saturated rings. The molecule has 0 spiro atoms. The predicted octanol–water partition coefficient (Wildman–Crippen LogP) is -1.53. The van der Waals surface area contributed by atoms with Crippen molar-refractivity contribution in [3.63, 3.8) is 0 Å². The minimum absolute atomic E-state index is 0.0526. The van der Waals surface area contributed by atoms with Crippen LogP contribution in [0.25, 0.3) is 0 Å². The highest BCUT2D eigenvalue weighted by molar-refractivity contribution is 7.86. The molecule has 0 radical (unpaired) electrons. The molecule has 10 heteroatoms. The molecule has 2 heterocycles. The molecule has 0 aliphatic carbocycles. The highest BCUT2D eigenvalue weighted by Gasteiger charge is 2.57. The Kier molecular flexibility index (Phi) is 3.69. The van der Waals surface area contributed by atoms with Gasteiger partial charge in [-0.2, -0.15) is 16.8 Å². The Bertz CT molecular complexity index is 461. The van der Waals surface area contributed by atoms with Gasteiger partial charge in [-0.25, -0.2) is 0 Å². The van der Waals surface area contributed by atoms with E-state index in [1.165, 1.54) is 0 Å². The molecule has 18 heavy (non-hydrogen) atoms. The van der Waals surface area contributed by atoms with Crippen LogP contribution in [0.4, 0.5) is 0 Å². The highest BCUT2D eigenvalue weighted by atomic mass is 32.2. The second-order valence-corrected chi connectivity index (χ2v) is 7.54. The molecule has 0 amide bonds. The van der Waals surface area contributed by atoms with Crippen LogP contribution in [-0.2, 0) is 38.1 Å². The van der Waals surface area contributed by atoms with Crippen LogP contribution in [0.2, 0.25) is 0 Å². The third-order valence-electron chi connectivity index (χ3n) is 2.46. The van der Waals surface area contributed by atoms with Crippen LogP contribution in [0.3, 0.4) is 0 Å². The number of hydrogen-bond donors (Lipinski definition) is 0. The maximum Gasteiger partial charge on any atom is 0.264 e. The lowest BCUT2D eigenvalue weighted by Crippen LogP contribution is -2.16. The molecule has 0 aromatic heterocycles. The number of epoxide rings is 2. The quantitative estimate of drug-likeness (QED) is 0.411. The van der Waals surface area contributed by atoms with Crippen LogP contribution in [0.1, 0.15) is 0 Å². The molecular weight excluding hydrogens is 288 g/mol. The monoisotopic (exact) mass is 302 g/mol.